The van der Waals surface area contributed by atoms with Gasteiger partial charge in [0.25, 0.3) is 0 Å². The highest BCUT2D eigenvalue weighted by Gasteiger charge is 2.15. The molecule has 0 fully saturated rings. The molecule has 1 heterocycles. The van der Waals surface area contributed by atoms with Gasteiger partial charge in [0.1, 0.15) is 0 Å². The summed E-state index contributed by atoms with van der Waals surface area (Å²) in [6, 6.07) is 11.1. The van der Waals surface area contributed by atoms with Crippen molar-refractivity contribution in [2.45, 2.75) is 5.38 Å². The molecule has 2 aromatic carbocycles. The fourth-order valence-electron chi connectivity index (χ4n) is 2.08. The smallest absolute Gasteiger partial charge is 0.306 e. The fourth-order valence-corrected chi connectivity index (χ4v) is 3.23. The summed E-state index contributed by atoms with van der Waals surface area (Å²) >= 11 is 15.9. The highest BCUT2D eigenvalue weighted by atomic mass is 79.9. The molecule has 0 saturated heterocycles. The molecule has 1 atom stereocenters. The molecule has 102 valence electrons. The summed E-state index contributed by atoms with van der Waals surface area (Å²) in [5, 5.41) is 0.339. The first kappa shape index (κ1) is 13.7. The molecule has 3 nitrogen and oxygen atoms in total. The summed E-state index contributed by atoms with van der Waals surface area (Å²) < 4.78 is 0.843. The topological polar surface area (TPSA) is 48.6 Å². The second kappa shape index (κ2) is 5.28. The van der Waals surface area contributed by atoms with Crippen molar-refractivity contribution in [2.24, 2.45) is 0 Å². The number of halogens is 3. The van der Waals surface area contributed by atoms with E-state index in [9.17, 15) is 4.79 Å². The van der Waals surface area contributed by atoms with Gasteiger partial charge in [0.2, 0.25) is 0 Å². The van der Waals surface area contributed by atoms with E-state index in [0.29, 0.717) is 5.02 Å². The van der Waals surface area contributed by atoms with E-state index in [1.807, 2.05) is 24.3 Å². The van der Waals surface area contributed by atoms with Crippen molar-refractivity contribution in [3.05, 3.63) is 67.5 Å². The molecule has 3 aromatic rings. The quantitative estimate of drug-likeness (QED) is 0.635. The fraction of sp³-hybridized carbons (Fsp3) is 0.0714. The van der Waals surface area contributed by atoms with Crippen LogP contribution < -0.4 is 5.69 Å². The van der Waals surface area contributed by atoms with E-state index in [1.54, 1.807) is 12.1 Å². The average Bonchev–Trinajstić information content (AvgIpc) is 2.77. The maximum Gasteiger partial charge on any atom is 0.323 e. The van der Waals surface area contributed by atoms with Crippen molar-refractivity contribution in [3.63, 3.8) is 0 Å². The third kappa shape index (κ3) is 2.51. The highest BCUT2D eigenvalue weighted by Crippen LogP contribution is 2.35. The molecule has 1 aromatic heterocycles. The number of H-pyrrole nitrogens is 2. The lowest BCUT2D eigenvalue weighted by atomic mass is 10.0. The summed E-state index contributed by atoms with van der Waals surface area (Å²) in [7, 11) is 0. The minimum atomic E-state index is -0.329. The lowest BCUT2D eigenvalue weighted by Gasteiger charge is -2.12. The molecular formula is C14H9BrCl2N2O. The zero-order valence-corrected chi connectivity index (χ0v) is 13.2. The molecule has 0 radical (unpaired) electrons. The van der Waals surface area contributed by atoms with Gasteiger partial charge in [0.05, 0.1) is 16.4 Å². The molecule has 0 bridgehead atoms. The van der Waals surface area contributed by atoms with Crippen LogP contribution in [0, 0.1) is 0 Å². The molecule has 3 rings (SSSR count). The van der Waals surface area contributed by atoms with E-state index in [-0.39, 0.29) is 11.1 Å². The van der Waals surface area contributed by atoms with Gasteiger partial charge in [-0.25, -0.2) is 4.79 Å². The predicted molar refractivity (Wildman–Crippen MR) is 85.8 cm³/mol. The third-order valence-corrected chi connectivity index (χ3v) is 4.49. The summed E-state index contributed by atoms with van der Waals surface area (Å²) in [5.41, 5.74) is 3.06. The molecule has 0 aliphatic carbocycles. The van der Waals surface area contributed by atoms with Crippen LogP contribution in [0.5, 0.6) is 0 Å². The number of benzene rings is 2. The van der Waals surface area contributed by atoms with E-state index in [2.05, 4.69) is 25.9 Å². The minimum Gasteiger partial charge on any atom is -0.306 e. The van der Waals surface area contributed by atoms with Crippen molar-refractivity contribution in [1.82, 2.24) is 9.97 Å². The molecule has 2 N–H and O–H groups in total. The Balaban J connectivity index is 2.10. The molecule has 0 aliphatic heterocycles. The van der Waals surface area contributed by atoms with Gasteiger partial charge in [-0.3, -0.25) is 0 Å². The predicted octanol–water partition coefficient (Wildman–Crippen LogP) is 4.60. The normalized spacial score (nSPS) is 12.8. The van der Waals surface area contributed by atoms with Gasteiger partial charge < -0.3 is 9.97 Å². The molecule has 6 heteroatoms. The molecular weight excluding hydrogens is 363 g/mol. The number of rotatable bonds is 2. The van der Waals surface area contributed by atoms with Gasteiger partial charge in [-0.15, -0.1) is 11.6 Å². The van der Waals surface area contributed by atoms with Crippen molar-refractivity contribution in [3.8, 4) is 0 Å². The van der Waals surface area contributed by atoms with E-state index in [4.69, 9.17) is 23.2 Å². The van der Waals surface area contributed by atoms with Crippen molar-refractivity contribution in [1.29, 1.82) is 0 Å². The maximum absolute atomic E-state index is 11.3. The Morgan fingerprint density at radius 1 is 1.05 bits per heavy atom. The van der Waals surface area contributed by atoms with Crippen LogP contribution in [-0.4, -0.2) is 9.97 Å². The van der Waals surface area contributed by atoms with Crippen LogP contribution in [0.1, 0.15) is 16.5 Å². The number of alkyl halides is 1. The van der Waals surface area contributed by atoms with Gasteiger partial charge in [-0.2, -0.15) is 0 Å². The van der Waals surface area contributed by atoms with Crippen molar-refractivity contribution < 1.29 is 0 Å². The SMILES string of the molecule is O=c1[nH]c2cc(Br)c(C(Cl)c3ccc(Cl)cc3)cc2[nH]1. The molecule has 0 saturated carbocycles. The first-order valence-corrected chi connectivity index (χ1v) is 7.46. The molecule has 20 heavy (non-hydrogen) atoms. The monoisotopic (exact) mass is 370 g/mol. The first-order valence-electron chi connectivity index (χ1n) is 5.85. The molecule has 0 spiro atoms. The number of aromatic amines is 2. The molecule has 0 aliphatic rings. The summed E-state index contributed by atoms with van der Waals surface area (Å²) in [4.78, 5) is 16.8. The van der Waals surface area contributed by atoms with Gasteiger partial charge in [0.15, 0.2) is 0 Å². The van der Waals surface area contributed by atoms with E-state index in [1.165, 1.54) is 0 Å². The lowest BCUT2D eigenvalue weighted by molar-refractivity contribution is 1.13. The second-order valence-electron chi connectivity index (χ2n) is 4.41. The maximum atomic E-state index is 11.3. The van der Waals surface area contributed by atoms with Crippen LogP contribution in [0.3, 0.4) is 0 Å². The zero-order valence-electron chi connectivity index (χ0n) is 10.1. The number of imidazole rings is 1. The van der Waals surface area contributed by atoms with Crippen LogP contribution in [-0.2, 0) is 0 Å². The van der Waals surface area contributed by atoms with Crippen molar-refractivity contribution >= 4 is 50.2 Å². The first-order chi connectivity index (χ1) is 9.54. The average molecular weight is 372 g/mol. The Morgan fingerprint density at radius 2 is 1.65 bits per heavy atom. The van der Waals surface area contributed by atoms with Gasteiger partial charge in [-0.05, 0) is 35.4 Å². The summed E-state index contributed by atoms with van der Waals surface area (Å²) in [5.74, 6) is 0. The van der Waals surface area contributed by atoms with Crippen LogP contribution >= 0.6 is 39.1 Å². The Hall–Kier alpha value is -1.23. The standard InChI is InChI=1S/C14H9BrCl2N2O/c15-10-6-12-11(18-14(20)19-12)5-9(10)13(17)7-1-3-8(16)4-2-7/h1-6,13H,(H2,18,19,20). The van der Waals surface area contributed by atoms with E-state index < -0.39 is 0 Å². The van der Waals surface area contributed by atoms with Gasteiger partial charge in [0, 0.05) is 9.50 Å². The number of nitrogens with one attached hydrogen (secondary N) is 2. The number of hydrogen-bond donors (Lipinski definition) is 2. The summed E-state index contributed by atoms with van der Waals surface area (Å²) in [6.45, 7) is 0. The highest BCUT2D eigenvalue weighted by molar-refractivity contribution is 9.10. The van der Waals surface area contributed by atoms with Crippen molar-refractivity contribution in [2.75, 3.05) is 0 Å². The van der Waals surface area contributed by atoms with Gasteiger partial charge >= 0.3 is 5.69 Å². The molecule has 0 amide bonds. The van der Waals surface area contributed by atoms with Crippen LogP contribution in [0.15, 0.2) is 45.7 Å². The van der Waals surface area contributed by atoms with Crippen LogP contribution in [0.2, 0.25) is 5.02 Å². The minimum absolute atomic E-state index is 0.235. The number of aromatic nitrogens is 2. The number of fused-ring (bicyclic) bond motifs is 1. The van der Waals surface area contributed by atoms with Gasteiger partial charge in [-0.1, -0.05) is 39.7 Å². The van der Waals surface area contributed by atoms with E-state index in [0.717, 1.165) is 26.6 Å². The lowest BCUT2D eigenvalue weighted by Crippen LogP contribution is -1.99. The Kier molecular flexibility index (Phi) is 3.63. The summed E-state index contributed by atoms with van der Waals surface area (Å²) in [6.07, 6.45) is 0. The van der Waals surface area contributed by atoms with E-state index >= 15 is 0 Å². The Bertz CT molecular complexity index is 823. The Labute approximate surface area is 133 Å². The van der Waals surface area contributed by atoms with Crippen LogP contribution in [0.4, 0.5) is 0 Å². The van der Waals surface area contributed by atoms with Crippen LogP contribution in [0.25, 0.3) is 11.0 Å². The second-order valence-corrected chi connectivity index (χ2v) is 6.14. The Morgan fingerprint density at radius 3 is 2.30 bits per heavy atom. The largest absolute Gasteiger partial charge is 0.323 e. The number of hydrogen-bond acceptors (Lipinski definition) is 1. The third-order valence-electron chi connectivity index (χ3n) is 3.07. The zero-order chi connectivity index (χ0) is 14.3. The molecule has 1 unspecified atom stereocenters.